The Morgan fingerprint density at radius 1 is 1.06 bits per heavy atom. The first-order valence-electron chi connectivity index (χ1n) is 7.13. The van der Waals surface area contributed by atoms with Crippen LogP contribution in [0.5, 0.6) is 0 Å². The lowest BCUT2D eigenvalue weighted by atomic mass is 9.95. The Kier molecular flexibility index (Phi) is 3.41. The van der Waals surface area contributed by atoms with Crippen molar-refractivity contribution in [3.05, 3.63) is 29.1 Å². The van der Waals surface area contributed by atoms with E-state index >= 15 is 0 Å². The predicted molar refractivity (Wildman–Crippen MR) is 70.3 cm³/mol. The van der Waals surface area contributed by atoms with E-state index in [0.717, 1.165) is 13.1 Å². The van der Waals surface area contributed by atoms with Crippen LogP contribution in [0.15, 0.2) is 12.1 Å². The molecule has 0 bridgehead atoms. The molecule has 1 aromatic heterocycles. The van der Waals surface area contributed by atoms with E-state index < -0.39 is 0 Å². The van der Waals surface area contributed by atoms with E-state index in [4.69, 9.17) is 4.98 Å². The molecule has 0 spiro atoms. The van der Waals surface area contributed by atoms with Crippen LogP contribution in [-0.4, -0.2) is 18.1 Å². The molecule has 0 aromatic carbocycles. The smallest absolute Gasteiger partial charge is 0.0451 e. The van der Waals surface area contributed by atoms with Gasteiger partial charge in [0.1, 0.15) is 0 Å². The average Bonchev–Trinajstić information content (AvgIpc) is 2.83. The van der Waals surface area contributed by atoms with Crippen molar-refractivity contribution in [2.24, 2.45) is 0 Å². The molecule has 2 aliphatic rings. The van der Waals surface area contributed by atoms with Crippen LogP contribution in [0.4, 0.5) is 0 Å². The predicted octanol–water partition coefficient (Wildman–Crippen LogP) is 2.82. The first-order chi connectivity index (χ1) is 8.43. The van der Waals surface area contributed by atoms with E-state index in [1.165, 1.54) is 61.9 Å². The van der Waals surface area contributed by atoms with E-state index in [1.54, 1.807) is 0 Å². The summed E-state index contributed by atoms with van der Waals surface area (Å²) in [6.07, 6.45) is 9.15. The largest absolute Gasteiger partial charge is 0.316 e. The van der Waals surface area contributed by atoms with Gasteiger partial charge in [-0.05, 0) is 50.3 Å². The molecule has 1 atom stereocenters. The summed E-state index contributed by atoms with van der Waals surface area (Å²) in [5.74, 6) is 0.658. The Balaban J connectivity index is 1.85. The Morgan fingerprint density at radius 2 is 1.94 bits per heavy atom. The fourth-order valence-electron chi connectivity index (χ4n) is 3.09. The molecule has 0 amide bonds. The maximum Gasteiger partial charge on any atom is 0.0451 e. The number of hydrogen-bond donors (Lipinski definition) is 1. The lowest BCUT2D eigenvalue weighted by molar-refractivity contribution is 0.603. The molecule has 2 heteroatoms. The monoisotopic (exact) mass is 230 g/mol. The van der Waals surface area contributed by atoms with Crippen molar-refractivity contribution in [2.75, 3.05) is 13.1 Å². The number of nitrogens with one attached hydrogen (secondary N) is 1. The fourth-order valence-corrected chi connectivity index (χ4v) is 3.09. The maximum absolute atomic E-state index is 4.96. The highest BCUT2D eigenvalue weighted by Crippen LogP contribution is 2.24. The number of aromatic nitrogens is 1. The number of hydrogen-bond acceptors (Lipinski definition) is 2. The van der Waals surface area contributed by atoms with Gasteiger partial charge in [0.25, 0.3) is 0 Å². The highest BCUT2D eigenvalue weighted by Gasteiger charge is 2.19. The van der Waals surface area contributed by atoms with Gasteiger partial charge in [0.2, 0.25) is 0 Å². The molecule has 1 N–H and O–H groups in total. The molecule has 1 unspecified atom stereocenters. The highest BCUT2D eigenvalue weighted by atomic mass is 14.9. The molecule has 2 nitrogen and oxygen atoms in total. The quantitative estimate of drug-likeness (QED) is 0.802. The third-order valence-corrected chi connectivity index (χ3v) is 4.18. The van der Waals surface area contributed by atoms with Gasteiger partial charge in [-0.3, -0.25) is 4.98 Å². The summed E-state index contributed by atoms with van der Waals surface area (Å²) in [6, 6.07) is 4.62. The van der Waals surface area contributed by atoms with Gasteiger partial charge >= 0.3 is 0 Å². The van der Waals surface area contributed by atoms with E-state index in [2.05, 4.69) is 17.4 Å². The summed E-state index contributed by atoms with van der Waals surface area (Å²) in [6.45, 7) is 2.27. The van der Waals surface area contributed by atoms with Crippen molar-refractivity contribution in [1.82, 2.24) is 10.3 Å². The number of nitrogens with zero attached hydrogens (tertiary/aromatic N) is 1. The zero-order chi connectivity index (χ0) is 11.5. The number of pyridine rings is 1. The zero-order valence-corrected chi connectivity index (χ0v) is 10.5. The minimum atomic E-state index is 0.658. The number of fused-ring (bicyclic) bond motifs is 1. The first-order valence-corrected chi connectivity index (χ1v) is 7.13. The molecule has 1 aromatic rings. The van der Waals surface area contributed by atoms with Crippen molar-refractivity contribution < 1.29 is 0 Å². The third-order valence-electron chi connectivity index (χ3n) is 4.18. The molecular formula is C15H22N2. The Bertz CT molecular complexity index is 381. The molecule has 2 heterocycles. The molecule has 0 radical (unpaired) electrons. The second-order valence-electron chi connectivity index (χ2n) is 5.45. The first kappa shape index (κ1) is 11.2. The minimum absolute atomic E-state index is 0.658. The summed E-state index contributed by atoms with van der Waals surface area (Å²) >= 11 is 0. The number of aryl methyl sites for hydroxylation is 2. The molecule has 3 rings (SSSR count). The average molecular weight is 230 g/mol. The van der Waals surface area contributed by atoms with Crippen LogP contribution in [0.3, 0.4) is 0 Å². The lowest BCUT2D eigenvalue weighted by Gasteiger charge is -2.16. The Morgan fingerprint density at radius 3 is 2.76 bits per heavy atom. The van der Waals surface area contributed by atoms with Crippen LogP contribution in [0.2, 0.25) is 0 Å². The molecule has 1 fully saturated rings. The molecule has 92 valence electrons. The Hall–Kier alpha value is -0.890. The van der Waals surface area contributed by atoms with E-state index in [9.17, 15) is 0 Å². The molecule has 1 saturated heterocycles. The summed E-state index contributed by atoms with van der Waals surface area (Å²) in [5.41, 5.74) is 4.24. The van der Waals surface area contributed by atoms with Gasteiger partial charge in [-0.1, -0.05) is 18.9 Å². The summed E-state index contributed by atoms with van der Waals surface area (Å²) in [7, 11) is 0. The van der Waals surface area contributed by atoms with Crippen LogP contribution in [0.25, 0.3) is 0 Å². The van der Waals surface area contributed by atoms with E-state index in [0.29, 0.717) is 5.92 Å². The second-order valence-corrected chi connectivity index (χ2v) is 5.45. The van der Waals surface area contributed by atoms with Gasteiger partial charge in [-0.25, -0.2) is 0 Å². The van der Waals surface area contributed by atoms with E-state index in [-0.39, 0.29) is 0 Å². The molecule has 1 aliphatic heterocycles. The SMILES string of the molecule is c1cc2c(nc1C1CCNC1)CCCCCC2. The summed E-state index contributed by atoms with van der Waals surface area (Å²) in [4.78, 5) is 4.96. The fraction of sp³-hybridized carbons (Fsp3) is 0.667. The molecular weight excluding hydrogens is 208 g/mol. The summed E-state index contributed by atoms with van der Waals surface area (Å²) < 4.78 is 0. The van der Waals surface area contributed by atoms with Crippen LogP contribution in [0, 0.1) is 0 Å². The van der Waals surface area contributed by atoms with Crippen molar-refractivity contribution in [1.29, 1.82) is 0 Å². The molecule has 17 heavy (non-hydrogen) atoms. The lowest BCUT2D eigenvalue weighted by Crippen LogP contribution is -2.11. The van der Waals surface area contributed by atoms with Gasteiger partial charge in [0.05, 0.1) is 0 Å². The molecule has 1 aliphatic carbocycles. The number of rotatable bonds is 1. The van der Waals surface area contributed by atoms with Crippen molar-refractivity contribution in [2.45, 2.75) is 50.9 Å². The van der Waals surface area contributed by atoms with Crippen LogP contribution in [0.1, 0.15) is 55.0 Å². The second kappa shape index (κ2) is 5.18. The van der Waals surface area contributed by atoms with Crippen LogP contribution >= 0.6 is 0 Å². The van der Waals surface area contributed by atoms with Crippen molar-refractivity contribution in [3.63, 3.8) is 0 Å². The molecule has 0 saturated carbocycles. The zero-order valence-electron chi connectivity index (χ0n) is 10.5. The van der Waals surface area contributed by atoms with Gasteiger partial charge in [-0.15, -0.1) is 0 Å². The highest BCUT2D eigenvalue weighted by molar-refractivity contribution is 5.26. The van der Waals surface area contributed by atoms with Crippen molar-refractivity contribution in [3.8, 4) is 0 Å². The van der Waals surface area contributed by atoms with Gasteiger partial charge in [0.15, 0.2) is 0 Å². The Labute approximate surface area is 104 Å². The standard InChI is InChI=1S/C15H22N2/c1-2-4-6-14-12(5-3-1)7-8-15(17-14)13-9-10-16-11-13/h7-8,13,16H,1-6,9-11H2. The minimum Gasteiger partial charge on any atom is -0.316 e. The van der Waals surface area contributed by atoms with Gasteiger partial charge < -0.3 is 5.32 Å². The normalized spacial score (nSPS) is 25.1. The van der Waals surface area contributed by atoms with Gasteiger partial charge in [-0.2, -0.15) is 0 Å². The van der Waals surface area contributed by atoms with Gasteiger partial charge in [0, 0.05) is 23.9 Å². The maximum atomic E-state index is 4.96. The summed E-state index contributed by atoms with van der Waals surface area (Å²) in [5, 5.41) is 3.43. The van der Waals surface area contributed by atoms with Crippen LogP contribution in [-0.2, 0) is 12.8 Å². The topological polar surface area (TPSA) is 24.9 Å². The van der Waals surface area contributed by atoms with Crippen LogP contribution < -0.4 is 5.32 Å². The van der Waals surface area contributed by atoms with E-state index in [1.807, 2.05) is 0 Å². The third kappa shape index (κ3) is 2.52. The van der Waals surface area contributed by atoms with Crippen molar-refractivity contribution >= 4 is 0 Å².